The zero-order valence-corrected chi connectivity index (χ0v) is 20.4. The molecule has 1 saturated carbocycles. The molecule has 0 spiro atoms. The van der Waals surface area contributed by atoms with Gasteiger partial charge in [-0.3, -0.25) is 18.3 Å². The topological polar surface area (TPSA) is 64.2 Å². The predicted molar refractivity (Wildman–Crippen MR) is 127 cm³/mol. The summed E-state index contributed by atoms with van der Waals surface area (Å²) in [6.45, 7) is 4.62. The van der Waals surface area contributed by atoms with Crippen LogP contribution in [0.15, 0.2) is 36.4 Å². The maximum absolute atomic E-state index is 14.8. The lowest BCUT2D eigenvalue weighted by Crippen LogP contribution is -2.47. The number of alkyl halides is 2. The van der Waals surface area contributed by atoms with Gasteiger partial charge in [0.15, 0.2) is 0 Å². The van der Waals surface area contributed by atoms with Crippen LogP contribution >= 0.6 is 0 Å². The molecule has 0 aromatic heterocycles. The number of amides is 1. The highest BCUT2D eigenvalue weighted by molar-refractivity contribution is 7.94. The normalized spacial score (nSPS) is 22.9. The van der Waals surface area contributed by atoms with E-state index in [-0.39, 0.29) is 18.9 Å². The summed E-state index contributed by atoms with van der Waals surface area (Å²) in [5, 5.41) is 0. The second-order valence-corrected chi connectivity index (χ2v) is 11.4. The molecule has 2 fully saturated rings. The van der Waals surface area contributed by atoms with E-state index in [1.165, 1.54) is 13.1 Å². The minimum atomic E-state index is -3.97. The number of anilines is 2. The fraction of sp³-hybridized carbons (Fsp3) is 0.458. The van der Waals surface area contributed by atoms with E-state index < -0.39 is 27.9 Å². The van der Waals surface area contributed by atoms with Crippen LogP contribution in [-0.4, -0.2) is 69.8 Å². The zero-order chi connectivity index (χ0) is 25.1. The molecule has 188 valence electrons. The summed E-state index contributed by atoms with van der Waals surface area (Å²) >= 11 is 0. The predicted octanol–water partition coefficient (Wildman–Crippen LogP) is 3.31. The highest BCUT2D eigenvalue weighted by atomic mass is 32.2. The molecule has 1 aliphatic carbocycles. The number of hydrogen-bond donors (Lipinski definition) is 0. The van der Waals surface area contributed by atoms with Crippen LogP contribution in [0.4, 0.5) is 24.5 Å². The van der Waals surface area contributed by atoms with Gasteiger partial charge in [0.25, 0.3) is 5.92 Å². The SMILES string of the molecule is CC(=O)N1CCN(Cc2ccc(F)c(-c3ccc4c(c3)N(C)S(=O)(=O)N4CC3CC3(F)F)c2)CC1. The molecule has 3 aliphatic rings. The molecule has 1 unspecified atom stereocenters. The molecule has 2 aromatic carbocycles. The number of nitrogens with zero attached hydrogens (tertiary/aromatic N) is 4. The maximum Gasteiger partial charge on any atom is 0.326 e. The number of carbonyl (C=O) groups excluding carboxylic acids is 1. The lowest BCUT2D eigenvalue weighted by Gasteiger charge is -2.34. The van der Waals surface area contributed by atoms with Gasteiger partial charge < -0.3 is 4.90 Å². The molecular weight excluding hydrogens is 481 g/mol. The smallest absolute Gasteiger partial charge is 0.326 e. The Morgan fingerprint density at radius 1 is 1.06 bits per heavy atom. The van der Waals surface area contributed by atoms with Crippen LogP contribution in [0.5, 0.6) is 0 Å². The van der Waals surface area contributed by atoms with Crippen molar-refractivity contribution in [3.05, 3.63) is 47.8 Å². The van der Waals surface area contributed by atoms with Crippen LogP contribution in [-0.2, 0) is 21.5 Å². The van der Waals surface area contributed by atoms with E-state index in [0.29, 0.717) is 42.1 Å². The van der Waals surface area contributed by atoms with Gasteiger partial charge in [-0.1, -0.05) is 12.1 Å². The largest absolute Gasteiger partial charge is 0.340 e. The summed E-state index contributed by atoms with van der Waals surface area (Å²) in [6.07, 6.45) is -0.321. The standard InChI is InChI=1S/C24H27F3N4O3S/c1-16(32)30-9-7-29(8-10-30)14-17-3-5-21(25)20(11-17)18-4-6-22-23(12-18)28(2)35(33,34)31(22)15-19-13-24(19,26)27/h3-6,11-12,19H,7-10,13-15H2,1-2H3. The maximum atomic E-state index is 14.8. The Morgan fingerprint density at radius 3 is 2.37 bits per heavy atom. The Labute approximate surface area is 202 Å². The molecule has 5 rings (SSSR count). The van der Waals surface area contributed by atoms with Crippen LogP contribution < -0.4 is 8.61 Å². The Kier molecular flexibility index (Phi) is 5.75. The monoisotopic (exact) mass is 508 g/mol. The van der Waals surface area contributed by atoms with E-state index >= 15 is 0 Å². The average molecular weight is 509 g/mol. The van der Waals surface area contributed by atoms with Crippen molar-refractivity contribution in [3.8, 4) is 11.1 Å². The minimum absolute atomic E-state index is 0.0571. The highest BCUT2D eigenvalue weighted by Crippen LogP contribution is 2.51. The molecule has 2 aliphatic heterocycles. The number of piperazine rings is 1. The molecule has 35 heavy (non-hydrogen) atoms. The summed E-state index contributed by atoms with van der Waals surface area (Å²) in [6, 6.07) is 9.63. The van der Waals surface area contributed by atoms with Crippen molar-refractivity contribution in [3.63, 3.8) is 0 Å². The van der Waals surface area contributed by atoms with Gasteiger partial charge in [-0.15, -0.1) is 0 Å². The summed E-state index contributed by atoms with van der Waals surface area (Å²) in [4.78, 5) is 15.5. The van der Waals surface area contributed by atoms with Crippen molar-refractivity contribution < 1.29 is 26.4 Å². The molecule has 1 saturated heterocycles. The van der Waals surface area contributed by atoms with Crippen LogP contribution in [0.25, 0.3) is 11.1 Å². The lowest BCUT2D eigenvalue weighted by molar-refractivity contribution is -0.130. The van der Waals surface area contributed by atoms with Crippen molar-refractivity contribution in [2.75, 3.05) is 48.4 Å². The molecule has 2 aromatic rings. The summed E-state index contributed by atoms with van der Waals surface area (Å²) < 4.78 is 69.6. The van der Waals surface area contributed by atoms with Gasteiger partial charge in [-0.25, -0.2) is 13.2 Å². The first-order chi connectivity index (χ1) is 16.5. The highest BCUT2D eigenvalue weighted by Gasteiger charge is 2.59. The van der Waals surface area contributed by atoms with Gasteiger partial charge in [-0.05, 0) is 35.4 Å². The number of hydrogen-bond acceptors (Lipinski definition) is 4. The number of fused-ring (bicyclic) bond motifs is 1. The summed E-state index contributed by atoms with van der Waals surface area (Å²) in [7, 11) is -2.60. The number of halogens is 3. The van der Waals surface area contributed by atoms with E-state index in [1.807, 2.05) is 0 Å². The third-order valence-corrected chi connectivity index (χ3v) is 8.91. The first kappa shape index (κ1) is 23.9. The third kappa shape index (κ3) is 4.35. The van der Waals surface area contributed by atoms with Gasteiger partial charge in [0.2, 0.25) is 5.91 Å². The second kappa shape index (κ2) is 8.41. The van der Waals surface area contributed by atoms with Gasteiger partial charge in [-0.2, -0.15) is 8.42 Å². The van der Waals surface area contributed by atoms with Crippen molar-refractivity contribution in [1.29, 1.82) is 0 Å². The Morgan fingerprint density at radius 2 is 1.74 bits per heavy atom. The number of rotatable bonds is 5. The molecular formula is C24H27F3N4O3S. The third-order valence-electron chi connectivity index (χ3n) is 7.12. The Hall–Kier alpha value is -2.79. The van der Waals surface area contributed by atoms with Crippen LogP contribution in [0.2, 0.25) is 0 Å². The van der Waals surface area contributed by atoms with Crippen molar-refractivity contribution >= 4 is 27.5 Å². The average Bonchev–Trinajstić information content (AvgIpc) is 3.38. The first-order valence-electron chi connectivity index (χ1n) is 11.5. The van der Waals surface area contributed by atoms with Crippen LogP contribution in [0.3, 0.4) is 0 Å². The first-order valence-corrected chi connectivity index (χ1v) is 12.9. The van der Waals surface area contributed by atoms with E-state index in [2.05, 4.69) is 4.90 Å². The minimum Gasteiger partial charge on any atom is -0.340 e. The van der Waals surface area contributed by atoms with Gasteiger partial charge in [0.1, 0.15) is 5.82 Å². The quantitative estimate of drug-likeness (QED) is 0.622. The van der Waals surface area contributed by atoms with E-state index in [0.717, 1.165) is 27.3 Å². The lowest BCUT2D eigenvalue weighted by atomic mass is 10.0. The molecule has 0 N–H and O–H groups in total. The van der Waals surface area contributed by atoms with Crippen LogP contribution in [0, 0.1) is 11.7 Å². The second-order valence-electron chi connectivity index (χ2n) is 9.47. The summed E-state index contributed by atoms with van der Waals surface area (Å²) in [5.41, 5.74) is 2.39. The van der Waals surface area contributed by atoms with Crippen LogP contribution in [0.1, 0.15) is 18.9 Å². The molecule has 1 amide bonds. The molecule has 11 heteroatoms. The number of carbonyl (C=O) groups is 1. The van der Waals surface area contributed by atoms with Crippen molar-refractivity contribution in [2.24, 2.45) is 5.92 Å². The van der Waals surface area contributed by atoms with E-state index in [4.69, 9.17) is 0 Å². The van der Waals surface area contributed by atoms with Gasteiger partial charge in [0.05, 0.1) is 11.4 Å². The zero-order valence-electron chi connectivity index (χ0n) is 19.5. The molecule has 0 bridgehead atoms. The van der Waals surface area contributed by atoms with Crippen molar-refractivity contribution in [2.45, 2.75) is 25.8 Å². The Balaban J connectivity index is 1.39. The van der Waals surface area contributed by atoms with E-state index in [1.54, 1.807) is 42.2 Å². The summed E-state index contributed by atoms with van der Waals surface area (Å²) in [5.74, 6) is -4.21. The number of benzene rings is 2. The molecule has 1 atom stereocenters. The van der Waals surface area contributed by atoms with Gasteiger partial charge in [0, 0.05) is 71.1 Å². The van der Waals surface area contributed by atoms with Gasteiger partial charge >= 0.3 is 10.2 Å². The Bertz CT molecular complexity index is 1280. The molecule has 7 nitrogen and oxygen atoms in total. The van der Waals surface area contributed by atoms with E-state index in [9.17, 15) is 26.4 Å². The molecule has 0 radical (unpaired) electrons. The van der Waals surface area contributed by atoms with Crippen molar-refractivity contribution in [1.82, 2.24) is 9.80 Å². The fourth-order valence-electron chi connectivity index (χ4n) is 4.78. The molecule has 2 heterocycles. The fourth-order valence-corrected chi connectivity index (χ4v) is 6.24.